The van der Waals surface area contributed by atoms with Crippen molar-refractivity contribution in [2.24, 2.45) is 0 Å². The second kappa shape index (κ2) is 7.04. The zero-order valence-electron chi connectivity index (χ0n) is 12.9. The molecule has 0 aliphatic carbocycles. The van der Waals surface area contributed by atoms with E-state index in [9.17, 15) is 0 Å². The molecular weight excluding hydrogens is 375 g/mol. The topological polar surface area (TPSA) is 43.6 Å². The maximum absolute atomic E-state index is 6.25. The van der Waals surface area contributed by atoms with Crippen LogP contribution in [-0.2, 0) is 5.75 Å². The Bertz CT molecular complexity index is 1030. The van der Waals surface area contributed by atoms with Gasteiger partial charge in [0.05, 0.1) is 17.3 Å². The second-order valence-corrected chi connectivity index (χ2v) is 7.14. The molecule has 0 spiro atoms. The Labute approximate surface area is 158 Å². The van der Waals surface area contributed by atoms with Crippen LogP contribution in [0.25, 0.3) is 16.7 Å². The molecule has 4 nitrogen and oxygen atoms in total. The number of hydrogen-bond donors (Lipinski definition) is 0. The van der Waals surface area contributed by atoms with E-state index < -0.39 is 0 Å². The van der Waals surface area contributed by atoms with Crippen LogP contribution in [0.3, 0.4) is 0 Å². The molecule has 0 fully saturated rings. The summed E-state index contributed by atoms with van der Waals surface area (Å²) in [7, 11) is 0. The first-order chi connectivity index (χ1) is 12.2. The molecule has 0 aliphatic heterocycles. The second-order valence-electron chi connectivity index (χ2n) is 5.33. The maximum Gasteiger partial charge on any atom is 0.167 e. The van der Waals surface area contributed by atoms with E-state index in [1.807, 2.05) is 47.1 Å². The highest BCUT2D eigenvalue weighted by Crippen LogP contribution is 2.31. The average molecular weight is 387 g/mol. The standard InChI is InChI=1S/C18H12Cl2N4S/c19-13-7-6-12(16(20)8-13)10-25-18-15-9-23-24(17(15)21-11-22-18)14-4-2-1-3-5-14/h1-9,11H,10H2. The van der Waals surface area contributed by atoms with Crippen molar-refractivity contribution in [2.75, 3.05) is 0 Å². The molecule has 0 saturated heterocycles. The molecule has 4 aromatic rings. The molecule has 124 valence electrons. The molecule has 0 unspecified atom stereocenters. The summed E-state index contributed by atoms with van der Waals surface area (Å²) < 4.78 is 1.82. The lowest BCUT2D eigenvalue weighted by Crippen LogP contribution is -1.97. The van der Waals surface area contributed by atoms with Gasteiger partial charge in [0, 0.05) is 15.8 Å². The van der Waals surface area contributed by atoms with Gasteiger partial charge in [0.2, 0.25) is 0 Å². The highest BCUT2D eigenvalue weighted by Gasteiger charge is 2.12. The predicted molar refractivity (Wildman–Crippen MR) is 103 cm³/mol. The van der Waals surface area contributed by atoms with Gasteiger partial charge < -0.3 is 0 Å². The fourth-order valence-corrected chi connectivity index (χ4v) is 4.00. The Balaban J connectivity index is 1.66. The van der Waals surface area contributed by atoms with Crippen LogP contribution < -0.4 is 0 Å². The maximum atomic E-state index is 6.25. The van der Waals surface area contributed by atoms with Gasteiger partial charge in [0.15, 0.2) is 5.65 Å². The molecule has 0 saturated carbocycles. The quantitative estimate of drug-likeness (QED) is 0.347. The third-order valence-corrected chi connectivity index (χ3v) is 5.35. The lowest BCUT2D eigenvalue weighted by Gasteiger charge is -2.06. The molecule has 7 heteroatoms. The number of aromatic nitrogens is 4. The van der Waals surface area contributed by atoms with Crippen LogP contribution in [0.2, 0.25) is 10.0 Å². The van der Waals surface area contributed by atoms with E-state index in [4.69, 9.17) is 23.2 Å². The van der Waals surface area contributed by atoms with E-state index in [-0.39, 0.29) is 0 Å². The first-order valence-corrected chi connectivity index (χ1v) is 9.27. The fourth-order valence-electron chi connectivity index (χ4n) is 2.48. The van der Waals surface area contributed by atoms with Gasteiger partial charge in [0.25, 0.3) is 0 Å². The van der Waals surface area contributed by atoms with Crippen molar-refractivity contribution in [3.05, 3.63) is 76.7 Å². The van der Waals surface area contributed by atoms with Crippen molar-refractivity contribution in [3.63, 3.8) is 0 Å². The van der Waals surface area contributed by atoms with E-state index in [0.717, 1.165) is 27.3 Å². The van der Waals surface area contributed by atoms with Crippen molar-refractivity contribution < 1.29 is 0 Å². The summed E-state index contributed by atoms with van der Waals surface area (Å²) in [5.41, 5.74) is 2.76. The Morgan fingerprint density at radius 1 is 1.00 bits per heavy atom. The number of halogens is 2. The highest BCUT2D eigenvalue weighted by atomic mass is 35.5. The predicted octanol–water partition coefficient (Wildman–Crippen LogP) is 5.41. The van der Waals surface area contributed by atoms with E-state index in [1.54, 1.807) is 30.4 Å². The van der Waals surface area contributed by atoms with Gasteiger partial charge in [-0.05, 0) is 29.8 Å². The van der Waals surface area contributed by atoms with E-state index in [2.05, 4.69) is 15.1 Å². The molecule has 2 aromatic carbocycles. The fraction of sp³-hybridized carbons (Fsp3) is 0.0556. The van der Waals surface area contributed by atoms with Gasteiger partial charge >= 0.3 is 0 Å². The summed E-state index contributed by atoms with van der Waals surface area (Å²) in [5.74, 6) is 0.693. The van der Waals surface area contributed by atoms with Crippen LogP contribution >= 0.6 is 35.0 Å². The monoisotopic (exact) mass is 386 g/mol. The first kappa shape index (κ1) is 16.4. The summed E-state index contributed by atoms with van der Waals surface area (Å²) in [6.07, 6.45) is 3.36. The molecule has 0 bridgehead atoms. The molecule has 4 rings (SSSR count). The lowest BCUT2D eigenvalue weighted by molar-refractivity contribution is 0.893. The summed E-state index contributed by atoms with van der Waals surface area (Å²) in [6, 6.07) is 15.4. The van der Waals surface area contributed by atoms with Crippen LogP contribution in [0, 0.1) is 0 Å². The van der Waals surface area contributed by atoms with Gasteiger partial charge in [-0.25, -0.2) is 14.6 Å². The number of fused-ring (bicyclic) bond motifs is 1. The van der Waals surface area contributed by atoms with E-state index >= 15 is 0 Å². The minimum absolute atomic E-state index is 0.632. The number of nitrogens with zero attached hydrogens (tertiary/aromatic N) is 4. The summed E-state index contributed by atoms with van der Waals surface area (Å²) in [6.45, 7) is 0. The molecule has 2 aromatic heterocycles. The Morgan fingerprint density at radius 2 is 1.84 bits per heavy atom. The Hall–Kier alpha value is -2.08. The highest BCUT2D eigenvalue weighted by molar-refractivity contribution is 7.98. The minimum Gasteiger partial charge on any atom is -0.229 e. The molecule has 25 heavy (non-hydrogen) atoms. The Morgan fingerprint density at radius 3 is 2.64 bits per heavy atom. The van der Waals surface area contributed by atoms with Gasteiger partial charge in [0.1, 0.15) is 11.4 Å². The third kappa shape index (κ3) is 3.35. The number of rotatable bonds is 4. The molecular formula is C18H12Cl2N4S. The van der Waals surface area contributed by atoms with Crippen LogP contribution in [0.15, 0.2) is 66.1 Å². The molecule has 0 atom stereocenters. The molecule has 0 N–H and O–H groups in total. The van der Waals surface area contributed by atoms with Crippen LogP contribution in [0.1, 0.15) is 5.56 Å². The number of thioether (sulfide) groups is 1. The number of benzene rings is 2. The normalized spacial score (nSPS) is 11.1. The zero-order valence-corrected chi connectivity index (χ0v) is 15.3. The summed E-state index contributed by atoms with van der Waals surface area (Å²) >= 11 is 13.8. The van der Waals surface area contributed by atoms with Crippen molar-refractivity contribution in [1.29, 1.82) is 0 Å². The van der Waals surface area contributed by atoms with Crippen molar-refractivity contribution in [1.82, 2.24) is 19.7 Å². The third-order valence-electron chi connectivity index (χ3n) is 3.71. The molecule has 0 aliphatic rings. The average Bonchev–Trinajstić information content (AvgIpc) is 3.06. The molecule has 0 radical (unpaired) electrons. The SMILES string of the molecule is Clc1ccc(CSc2ncnc3c2cnn3-c2ccccc2)c(Cl)c1. The zero-order chi connectivity index (χ0) is 17.2. The molecule has 0 amide bonds. The number of para-hydroxylation sites is 1. The van der Waals surface area contributed by atoms with Gasteiger partial charge in [-0.2, -0.15) is 5.10 Å². The van der Waals surface area contributed by atoms with Gasteiger partial charge in [-0.3, -0.25) is 0 Å². The Kier molecular flexibility index (Phi) is 4.61. The van der Waals surface area contributed by atoms with E-state index in [0.29, 0.717) is 15.8 Å². The summed E-state index contributed by atoms with van der Waals surface area (Å²) in [5, 5.41) is 7.55. The van der Waals surface area contributed by atoms with Gasteiger partial charge in [-0.15, -0.1) is 11.8 Å². The van der Waals surface area contributed by atoms with Crippen molar-refractivity contribution >= 4 is 46.0 Å². The largest absolute Gasteiger partial charge is 0.229 e. The van der Waals surface area contributed by atoms with Crippen LogP contribution in [-0.4, -0.2) is 19.7 Å². The van der Waals surface area contributed by atoms with Crippen LogP contribution in [0.4, 0.5) is 0 Å². The molecule has 2 heterocycles. The van der Waals surface area contributed by atoms with E-state index in [1.165, 1.54) is 0 Å². The summed E-state index contributed by atoms with van der Waals surface area (Å²) in [4.78, 5) is 8.80. The first-order valence-electron chi connectivity index (χ1n) is 7.53. The van der Waals surface area contributed by atoms with Crippen molar-refractivity contribution in [2.45, 2.75) is 10.8 Å². The van der Waals surface area contributed by atoms with Gasteiger partial charge in [-0.1, -0.05) is 47.5 Å². The van der Waals surface area contributed by atoms with Crippen molar-refractivity contribution in [3.8, 4) is 5.69 Å². The smallest absolute Gasteiger partial charge is 0.167 e. The van der Waals surface area contributed by atoms with Crippen LogP contribution in [0.5, 0.6) is 0 Å². The minimum atomic E-state index is 0.632. The lowest BCUT2D eigenvalue weighted by atomic mass is 10.2. The number of hydrogen-bond acceptors (Lipinski definition) is 4.